The van der Waals surface area contributed by atoms with E-state index in [-0.39, 0.29) is 0 Å². The molecule has 0 radical (unpaired) electrons. The van der Waals surface area contributed by atoms with E-state index in [0.717, 1.165) is 14.2 Å². The Morgan fingerprint density at radius 2 is 1.17 bits per heavy atom. The summed E-state index contributed by atoms with van der Waals surface area (Å²) in [6.45, 7) is 0. The number of rotatable bonds is 4. The predicted molar refractivity (Wildman–Crippen MR) is 36.3 cm³/mol. The van der Waals surface area contributed by atoms with Crippen molar-refractivity contribution < 1.29 is 29.3 Å². The van der Waals surface area contributed by atoms with Crippen molar-refractivity contribution in [2.24, 2.45) is 0 Å². The van der Waals surface area contributed by atoms with Crippen molar-refractivity contribution in [3.05, 3.63) is 11.5 Å². The fourth-order valence-electron chi connectivity index (χ4n) is 0.554. The molecule has 12 heavy (non-hydrogen) atoms. The Labute approximate surface area is 68.0 Å². The van der Waals surface area contributed by atoms with Crippen LogP contribution in [-0.2, 0) is 19.1 Å². The average molecular weight is 176 g/mol. The molecule has 0 amide bonds. The van der Waals surface area contributed by atoms with E-state index in [1.807, 2.05) is 0 Å². The molecule has 0 aromatic heterocycles. The van der Waals surface area contributed by atoms with Crippen molar-refractivity contribution in [1.29, 1.82) is 0 Å². The molecule has 0 spiro atoms. The minimum atomic E-state index is -1.49. The molecular weight excluding hydrogens is 168 g/mol. The van der Waals surface area contributed by atoms with Gasteiger partial charge in [-0.2, -0.15) is 0 Å². The molecule has 6 nitrogen and oxygen atoms in total. The van der Waals surface area contributed by atoms with Crippen LogP contribution in [0.5, 0.6) is 0 Å². The molecule has 0 unspecified atom stereocenters. The zero-order valence-corrected chi connectivity index (χ0v) is 6.53. The summed E-state index contributed by atoms with van der Waals surface area (Å²) in [6.07, 6.45) is 0. The van der Waals surface area contributed by atoms with Gasteiger partial charge < -0.3 is 19.7 Å². The zero-order valence-electron chi connectivity index (χ0n) is 6.53. The molecule has 0 aromatic carbocycles. The number of hydrogen-bond donors (Lipinski definition) is 2. The second-order valence-corrected chi connectivity index (χ2v) is 1.68. The smallest absolute Gasteiger partial charge is 0.375 e. The number of carbonyl (C=O) groups is 2. The van der Waals surface area contributed by atoms with Crippen LogP contribution in [0.1, 0.15) is 0 Å². The molecule has 0 saturated carbocycles. The third kappa shape index (κ3) is 2.15. The summed E-state index contributed by atoms with van der Waals surface area (Å²) in [5.74, 6) is -4.44. The highest BCUT2D eigenvalue weighted by Crippen LogP contribution is 2.06. The fraction of sp³-hybridized carbons (Fsp3) is 0.333. The lowest BCUT2D eigenvalue weighted by molar-refractivity contribution is -0.141. The van der Waals surface area contributed by atoms with Crippen molar-refractivity contribution in [2.45, 2.75) is 0 Å². The summed E-state index contributed by atoms with van der Waals surface area (Å²) >= 11 is 0. The Morgan fingerprint density at radius 3 is 1.25 bits per heavy atom. The van der Waals surface area contributed by atoms with Crippen LogP contribution in [0.3, 0.4) is 0 Å². The molecule has 0 fully saturated rings. The van der Waals surface area contributed by atoms with Gasteiger partial charge in [-0.15, -0.1) is 0 Å². The van der Waals surface area contributed by atoms with Crippen LogP contribution in [0.4, 0.5) is 0 Å². The molecular formula is C6H8O6. The fourth-order valence-corrected chi connectivity index (χ4v) is 0.554. The maximum Gasteiger partial charge on any atom is 0.375 e. The Morgan fingerprint density at radius 1 is 0.917 bits per heavy atom. The van der Waals surface area contributed by atoms with E-state index >= 15 is 0 Å². The Hall–Kier alpha value is -1.72. The summed E-state index contributed by atoms with van der Waals surface area (Å²) in [5.41, 5.74) is 0. The van der Waals surface area contributed by atoms with Gasteiger partial charge in [-0.3, -0.25) is 0 Å². The maximum atomic E-state index is 10.3. The van der Waals surface area contributed by atoms with Crippen LogP contribution in [-0.4, -0.2) is 36.4 Å². The summed E-state index contributed by atoms with van der Waals surface area (Å²) in [6, 6.07) is 0. The summed E-state index contributed by atoms with van der Waals surface area (Å²) in [7, 11) is 2.09. The van der Waals surface area contributed by atoms with Crippen molar-refractivity contribution in [1.82, 2.24) is 0 Å². The molecule has 0 rings (SSSR count). The summed E-state index contributed by atoms with van der Waals surface area (Å²) < 4.78 is 8.60. The zero-order chi connectivity index (χ0) is 9.72. The van der Waals surface area contributed by atoms with Gasteiger partial charge in [-0.25, -0.2) is 9.59 Å². The molecule has 0 aliphatic rings. The third-order valence-electron chi connectivity index (χ3n) is 1.00. The Kier molecular flexibility index (Phi) is 3.61. The van der Waals surface area contributed by atoms with E-state index in [1.165, 1.54) is 0 Å². The van der Waals surface area contributed by atoms with Gasteiger partial charge in [0.15, 0.2) is 0 Å². The lowest BCUT2D eigenvalue weighted by atomic mass is 10.4. The van der Waals surface area contributed by atoms with Crippen molar-refractivity contribution in [3.63, 3.8) is 0 Å². The molecule has 6 heteroatoms. The van der Waals surface area contributed by atoms with Gasteiger partial charge in [0.2, 0.25) is 0 Å². The van der Waals surface area contributed by atoms with Gasteiger partial charge in [0.25, 0.3) is 11.5 Å². The molecule has 2 N–H and O–H groups in total. The number of carboxylic acid groups (broad SMARTS) is 2. The number of carboxylic acids is 2. The third-order valence-corrected chi connectivity index (χ3v) is 1.00. The molecule has 0 heterocycles. The van der Waals surface area contributed by atoms with E-state index in [1.54, 1.807) is 0 Å². The van der Waals surface area contributed by atoms with Crippen molar-refractivity contribution >= 4 is 11.9 Å². The quantitative estimate of drug-likeness (QED) is 0.449. The van der Waals surface area contributed by atoms with Crippen molar-refractivity contribution in [3.8, 4) is 0 Å². The molecule has 0 aromatic rings. The normalized spacial score (nSPS) is 11.5. The number of aliphatic carboxylic acids is 2. The Balaban J connectivity index is 5.01. The van der Waals surface area contributed by atoms with E-state index < -0.39 is 23.5 Å². The highest BCUT2D eigenvalue weighted by atomic mass is 16.5. The average Bonchev–Trinajstić information content (AvgIpc) is 1.98. The van der Waals surface area contributed by atoms with Gasteiger partial charge >= 0.3 is 11.9 Å². The van der Waals surface area contributed by atoms with Gasteiger partial charge in [0, 0.05) is 0 Å². The van der Waals surface area contributed by atoms with Crippen molar-refractivity contribution in [2.75, 3.05) is 14.2 Å². The predicted octanol–water partition coefficient (Wildman–Crippen LogP) is -0.340. The first-order chi connectivity index (χ1) is 5.54. The second-order valence-electron chi connectivity index (χ2n) is 1.68. The first-order valence-electron chi connectivity index (χ1n) is 2.83. The molecule has 0 aliphatic heterocycles. The highest BCUT2D eigenvalue weighted by Gasteiger charge is 2.21. The van der Waals surface area contributed by atoms with Crippen LogP contribution in [0.2, 0.25) is 0 Å². The topological polar surface area (TPSA) is 93.1 Å². The lowest BCUT2D eigenvalue weighted by Crippen LogP contribution is -2.14. The molecule has 0 atom stereocenters. The van der Waals surface area contributed by atoms with Crippen LogP contribution >= 0.6 is 0 Å². The van der Waals surface area contributed by atoms with Crippen LogP contribution < -0.4 is 0 Å². The van der Waals surface area contributed by atoms with E-state index in [4.69, 9.17) is 10.2 Å². The summed E-state index contributed by atoms with van der Waals surface area (Å²) in [5, 5.41) is 16.8. The number of hydrogen-bond acceptors (Lipinski definition) is 4. The SMILES string of the molecule is CO/C(C(=O)O)=C(\OC)C(=O)O. The standard InChI is InChI=1S/C6H8O6/c1-11-3(5(7)8)4(12-2)6(9)10/h1-2H3,(H,7,8)(H,9,10)/b4-3-. The first kappa shape index (κ1) is 10.3. The lowest BCUT2D eigenvalue weighted by Gasteiger charge is -2.04. The van der Waals surface area contributed by atoms with Crippen LogP contribution in [0.25, 0.3) is 0 Å². The molecule has 0 aliphatic carbocycles. The minimum Gasteiger partial charge on any atom is -0.487 e. The first-order valence-corrected chi connectivity index (χ1v) is 2.83. The van der Waals surface area contributed by atoms with Gasteiger partial charge in [0.1, 0.15) is 0 Å². The van der Waals surface area contributed by atoms with Crippen LogP contribution in [0.15, 0.2) is 11.5 Å². The minimum absolute atomic E-state index is 0.731. The number of methoxy groups -OCH3 is 2. The van der Waals surface area contributed by atoms with E-state index in [0.29, 0.717) is 0 Å². The molecule has 0 bridgehead atoms. The van der Waals surface area contributed by atoms with E-state index in [9.17, 15) is 9.59 Å². The van der Waals surface area contributed by atoms with Gasteiger partial charge in [-0.1, -0.05) is 0 Å². The number of ether oxygens (including phenoxy) is 2. The molecule has 0 saturated heterocycles. The Bertz CT molecular complexity index is 204. The highest BCUT2D eigenvalue weighted by molar-refractivity contribution is 5.95. The van der Waals surface area contributed by atoms with Gasteiger partial charge in [-0.05, 0) is 0 Å². The maximum absolute atomic E-state index is 10.3. The van der Waals surface area contributed by atoms with Crippen LogP contribution in [0, 0.1) is 0 Å². The monoisotopic (exact) mass is 176 g/mol. The molecule has 68 valence electrons. The second kappa shape index (κ2) is 4.22. The largest absolute Gasteiger partial charge is 0.487 e. The summed E-state index contributed by atoms with van der Waals surface area (Å²) in [4.78, 5) is 20.6. The van der Waals surface area contributed by atoms with E-state index in [2.05, 4.69) is 9.47 Å². The van der Waals surface area contributed by atoms with Gasteiger partial charge in [0.05, 0.1) is 14.2 Å².